The van der Waals surface area contributed by atoms with Crippen molar-refractivity contribution < 1.29 is 19.0 Å². The molecule has 7 heteroatoms. The zero-order chi connectivity index (χ0) is 20.8. The van der Waals surface area contributed by atoms with Gasteiger partial charge in [-0.2, -0.15) is 0 Å². The minimum atomic E-state index is -0.607. The Bertz CT molecular complexity index is 1080. The molecule has 2 fully saturated rings. The van der Waals surface area contributed by atoms with Crippen LogP contribution in [0, 0.1) is 24.6 Å². The van der Waals surface area contributed by atoms with Crippen LogP contribution in [0.5, 0.6) is 5.75 Å². The highest BCUT2D eigenvalue weighted by molar-refractivity contribution is 5.93. The summed E-state index contributed by atoms with van der Waals surface area (Å²) in [6, 6.07) is 9.77. The number of carbonyl (C=O) groups is 1. The Kier molecular flexibility index (Phi) is 4.70. The summed E-state index contributed by atoms with van der Waals surface area (Å²) in [5.74, 6) is 0.665. The summed E-state index contributed by atoms with van der Waals surface area (Å²) in [5, 5.41) is 10.6. The summed E-state index contributed by atoms with van der Waals surface area (Å²) in [7, 11) is 0. The molecule has 0 spiro atoms. The first kappa shape index (κ1) is 19.1. The number of halogens is 1. The van der Waals surface area contributed by atoms with Gasteiger partial charge in [0.1, 0.15) is 29.0 Å². The Morgan fingerprint density at radius 2 is 1.90 bits per heavy atom. The Labute approximate surface area is 173 Å². The van der Waals surface area contributed by atoms with Crippen LogP contribution in [0.2, 0.25) is 0 Å². The minimum Gasteiger partial charge on any atom is -0.488 e. The predicted molar refractivity (Wildman–Crippen MR) is 109 cm³/mol. The number of aliphatic hydroxyl groups excluding tert-OH is 1. The number of imidazole rings is 1. The normalized spacial score (nSPS) is 26.0. The first-order valence-corrected chi connectivity index (χ1v) is 10.3. The average Bonchev–Trinajstić information content (AvgIpc) is 3.32. The average molecular weight is 409 g/mol. The molecular formula is C23H24FN3O3. The van der Waals surface area contributed by atoms with Gasteiger partial charge < -0.3 is 19.1 Å². The molecule has 2 aliphatic rings. The molecule has 1 saturated heterocycles. The number of aromatic nitrogens is 2. The van der Waals surface area contributed by atoms with Crippen molar-refractivity contribution in [3.05, 3.63) is 65.9 Å². The van der Waals surface area contributed by atoms with Gasteiger partial charge in [-0.1, -0.05) is 0 Å². The van der Waals surface area contributed by atoms with Crippen molar-refractivity contribution in [2.75, 3.05) is 13.1 Å². The van der Waals surface area contributed by atoms with Gasteiger partial charge in [-0.15, -0.1) is 0 Å². The second-order valence-corrected chi connectivity index (χ2v) is 8.47. The molecule has 1 amide bonds. The predicted octanol–water partition coefficient (Wildman–Crippen LogP) is 3.07. The molecule has 4 atom stereocenters. The van der Waals surface area contributed by atoms with Crippen LogP contribution in [-0.4, -0.2) is 50.6 Å². The Balaban J connectivity index is 1.28. The van der Waals surface area contributed by atoms with E-state index >= 15 is 0 Å². The van der Waals surface area contributed by atoms with E-state index < -0.39 is 6.10 Å². The first-order valence-electron chi connectivity index (χ1n) is 10.3. The molecule has 1 saturated carbocycles. The van der Waals surface area contributed by atoms with Crippen LogP contribution in [-0.2, 0) is 0 Å². The third-order valence-corrected chi connectivity index (χ3v) is 6.31. The maximum absolute atomic E-state index is 13.1. The number of hydrogen-bond acceptors (Lipinski definition) is 4. The maximum Gasteiger partial charge on any atom is 0.274 e. The fourth-order valence-electron chi connectivity index (χ4n) is 4.72. The molecule has 1 aliphatic carbocycles. The second-order valence-electron chi connectivity index (χ2n) is 8.47. The number of pyridine rings is 1. The molecule has 0 unspecified atom stereocenters. The zero-order valence-electron chi connectivity index (χ0n) is 16.7. The van der Waals surface area contributed by atoms with Gasteiger partial charge in [-0.05, 0) is 73.6 Å². The van der Waals surface area contributed by atoms with Crippen molar-refractivity contribution in [1.82, 2.24) is 14.3 Å². The van der Waals surface area contributed by atoms with Crippen LogP contribution in [0.3, 0.4) is 0 Å². The molecule has 0 bridgehead atoms. The summed E-state index contributed by atoms with van der Waals surface area (Å²) < 4.78 is 20.9. The maximum atomic E-state index is 13.1. The standard InChI is InChI=1S/C23H24FN3O3/c1-14-6-7-26-13-19(25-22(26)8-14)23(29)27-11-15-9-20(28)21(10-16(15)12-27)30-18-4-2-17(24)3-5-18/h2-8,13,15-16,20-21,28H,9-12H2,1H3/t15-,16+,20+,21+/m0/s1. The van der Waals surface area contributed by atoms with Crippen molar-refractivity contribution in [2.45, 2.75) is 32.0 Å². The molecule has 156 valence electrons. The molecule has 2 aromatic heterocycles. The van der Waals surface area contributed by atoms with E-state index in [2.05, 4.69) is 4.98 Å². The lowest BCUT2D eigenvalue weighted by Crippen LogP contribution is -2.42. The highest BCUT2D eigenvalue weighted by atomic mass is 19.1. The van der Waals surface area contributed by atoms with E-state index in [1.165, 1.54) is 12.1 Å². The van der Waals surface area contributed by atoms with Crippen molar-refractivity contribution in [3.8, 4) is 5.75 Å². The molecule has 3 aromatic rings. The zero-order valence-corrected chi connectivity index (χ0v) is 16.7. The number of likely N-dealkylation sites (tertiary alicyclic amines) is 1. The summed E-state index contributed by atoms with van der Waals surface area (Å²) in [6.45, 7) is 3.25. The van der Waals surface area contributed by atoms with E-state index in [0.717, 1.165) is 11.2 Å². The highest BCUT2D eigenvalue weighted by Crippen LogP contribution is 2.38. The van der Waals surface area contributed by atoms with Crippen LogP contribution in [0.1, 0.15) is 28.9 Å². The van der Waals surface area contributed by atoms with Gasteiger partial charge in [0, 0.05) is 25.5 Å². The van der Waals surface area contributed by atoms with Crippen LogP contribution in [0.4, 0.5) is 4.39 Å². The number of benzene rings is 1. The highest BCUT2D eigenvalue weighted by Gasteiger charge is 2.44. The number of fused-ring (bicyclic) bond motifs is 2. The summed E-state index contributed by atoms with van der Waals surface area (Å²) in [6.07, 6.45) is 3.97. The van der Waals surface area contributed by atoms with E-state index in [-0.39, 0.29) is 29.7 Å². The molecule has 30 heavy (non-hydrogen) atoms. The largest absolute Gasteiger partial charge is 0.488 e. The van der Waals surface area contributed by atoms with Crippen molar-refractivity contribution >= 4 is 11.6 Å². The lowest BCUT2D eigenvalue weighted by atomic mass is 9.78. The van der Waals surface area contributed by atoms with Crippen LogP contribution in [0.15, 0.2) is 48.8 Å². The second kappa shape index (κ2) is 7.40. The van der Waals surface area contributed by atoms with Gasteiger partial charge in [0.25, 0.3) is 5.91 Å². The molecule has 1 N–H and O–H groups in total. The van der Waals surface area contributed by atoms with Gasteiger partial charge in [0.2, 0.25) is 0 Å². The molecule has 5 rings (SSSR count). The van der Waals surface area contributed by atoms with Crippen molar-refractivity contribution in [1.29, 1.82) is 0 Å². The third kappa shape index (κ3) is 3.54. The van der Waals surface area contributed by atoms with E-state index in [4.69, 9.17) is 4.74 Å². The monoisotopic (exact) mass is 409 g/mol. The number of rotatable bonds is 3. The number of ether oxygens (including phenoxy) is 1. The van der Waals surface area contributed by atoms with E-state index in [0.29, 0.717) is 37.4 Å². The number of aliphatic hydroxyl groups is 1. The van der Waals surface area contributed by atoms with Gasteiger partial charge in [0.05, 0.1) is 6.10 Å². The van der Waals surface area contributed by atoms with Crippen LogP contribution >= 0.6 is 0 Å². The van der Waals surface area contributed by atoms with Crippen molar-refractivity contribution in [2.24, 2.45) is 11.8 Å². The number of amides is 1. The number of aryl methyl sites for hydroxylation is 1. The van der Waals surface area contributed by atoms with Gasteiger partial charge in [-0.25, -0.2) is 9.37 Å². The van der Waals surface area contributed by atoms with E-state index in [1.54, 1.807) is 18.3 Å². The fraction of sp³-hybridized carbons (Fsp3) is 0.391. The topological polar surface area (TPSA) is 67.1 Å². The molecule has 0 radical (unpaired) electrons. The SMILES string of the molecule is Cc1ccn2cc(C(=O)N3C[C@H]4C[C@@H](Oc5ccc(F)cc5)[C@H](O)C[C@H]4C3)nc2c1. The molecular weight excluding hydrogens is 385 g/mol. The van der Waals surface area contributed by atoms with Crippen LogP contribution < -0.4 is 4.74 Å². The fourth-order valence-corrected chi connectivity index (χ4v) is 4.72. The number of nitrogens with zero attached hydrogens (tertiary/aromatic N) is 3. The third-order valence-electron chi connectivity index (χ3n) is 6.31. The minimum absolute atomic E-state index is 0.0729. The Hall–Kier alpha value is -2.93. The smallest absolute Gasteiger partial charge is 0.274 e. The number of carbonyl (C=O) groups excluding carboxylic acids is 1. The van der Waals surface area contributed by atoms with Crippen molar-refractivity contribution in [3.63, 3.8) is 0 Å². The quantitative estimate of drug-likeness (QED) is 0.722. The van der Waals surface area contributed by atoms with Gasteiger partial charge >= 0.3 is 0 Å². The molecule has 1 aliphatic heterocycles. The van der Waals surface area contributed by atoms with Crippen LogP contribution in [0.25, 0.3) is 5.65 Å². The van der Waals surface area contributed by atoms with E-state index in [1.807, 2.05) is 34.6 Å². The first-order chi connectivity index (χ1) is 14.5. The van der Waals surface area contributed by atoms with Gasteiger partial charge in [0.15, 0.2) is 0 Å². The summed E-state index contributed by atoms with van der Waals surface area (Å²) in [4.78, 5) is 19.4. The number of hydrogen-bond donors (Lipinski definition) is 1. The molecule has 3 heterocycles. The Morgan fingerprint density at radius 3 is 2.67 bits per heavy atom. The lowest BCUT2D eigenvalue weighted by Gasteiger charge is -2.35. The summed E-state index contributed by atoms with van der Waals surface area (Å²) in [5.41, 5.74) is 2.30. The molecule has 1 aromatic carbocycles. The Morgan fingerprint density at radius 1 is 1.17 bits per heavy atom. The lowest BCUT2D eigenvalue weighted by molar-refractivity contribution is -0.0231. The van der Waals surface area contributed by atoms with Gasteiger partial charge in [-0.3, -0.25) is 4.79 Å². The van der Waals surface area contributed by atoms with E-state index in [9.17, 15) is 14.3 Å². The molecule has 6 nitrogen and oxygen atoms in total. The summed E-state index contributed by atoms with van der Waals surface area (Å²) >= 11 is 0.